The normalized spacial score (nSPS) is 14.7. The van der Waals surface area contributed by atoms with Gasteiger partial charge in [-0.1, -0.05) is 43.2 Å². The van der Waals surface area contributed by atoms with Crippen molar-refractivity contribution in [3.05, 3.63) is 69.8 Å². The first-order valence-electron chi connectivity index (χ1n) is 10.0. The first-order valence-corrected chi connectivity index (χ1v) is 10.0. The third kappa shape index (κ3) is 5.56. The Balaban J connectivity index is 1.72. The van der Waals surface area contributed by atoms with Crippen LogP contribution in [0.5, 0.6) is 0 Å². The second kappa shape index (κ2) is 9.87. The highest BCUT2D eigenvalue weighted by Gasteiger charge is 2.25. The van der Waals surface area contributed by atoms with E-state index in [9.17, 15) is 19.7 Å². The number of nitro benzene ring substituents is 1. The van der Waals surface area contributed by atoms with E-state index in [0.717, 1.165) is 37.3 Å². The van der Waals surface area contributed by atoms with Crippen LogP contribution in [0, 0.1) is 10.1 Å². The first kappa shape index (κ1) is 21.3. The van der Waals surface area contributed by atoms with E-state index in [0.29, 0.717) is 12.2 Å². The van der Waals surface area contributed by atoms with Crippen molar-refractivity contribution in [3.8, 4) is 0 Å². The molecule has 30 heavy (non-hydrogen) atoms. The van der Waals surface area contributed by atoms with Gasteiger partial charge >= 0.3 is 5.97 Å². The Bertz CT molecular complexity index is 910. The largest absolute Gasteiger partial charge is 0.449 e. The van der Waals surface area contributed by atoms with Crippen LogP contribution in [0.2, 0.25) is 0 Å². The number of nitrogens with zero attached hydrogens (tertiary/aromatic N) is 1. The van der Waals surface area contributed by atoms with Crippen molar-refractivity contribution in [3.63, 3.8) is 0 Å². The summed E-state index contributed by atoms with van der Waals surface area (Å²) < 4.78 is 5.32. The van der Waals surface area contributed by atoms with Gasteiger partial charge in [0, 0.05) is 30.4 Å². The summed E-state index contributed by atoms with van der Waals surface area (Å²) in [6.07, 6.45) is 2.99. The van der Waals surface area contributed by atoms with Crippen LogP contribution in [0.1, 0.15) is 48.5 Å². The number of non-ortho nitro benzene ring substituents is 1. The molecule has 1 atom stereocenters. The summed E-state index contributed by atoms with van der Waals surface area (Å²) in [5.41, 5.74) is 1.17. The first-order chi connectivity index (χ1) is 14.4. The van der Waals surface area contributed by atoms with E-state index in [4.69, 9.17) is 4.74 Å². The second-order valence-electron chi connectivity index (χ2n) is 7.36. The average molecular weight is 411 g/mol. The number of esters is 1. The number of amides is 1. The molecular weight excluding hydrogens is 386 g/mol. The number of carbonyl (C=O) groups is 2. The van der Waals surface area contributed by atoms with Crippen LogP contribution >= 0.6 is 0 Å². The lowest BCUT2D eigenvalue weighted by Crippen LogP contribution is -2.40. The summed E-state index contributed by atoms with van der Waals surface area (Å²) in [5.74, 6) is -1.15. The lowest BCUT2D eigenvalue weighted by molar-refractivity contribution is -0.384. The molecule has 0 aliphatic heterocycles. The maximum Gasteiger partial charge on any atom is 0.341 e. The molecule has 1 saturated carbocycles. The van der Waals surface area contributed by atoms with Crippen LogP contribution in [0.25, 0.3) is 0 Å². The van der Waals surface area contributed by atoms with Crippen LogP contribution in [0.3, 0.4) is 0 Å². The van der Waals surface area contributed by atoms with E-state index in [-0.39, 0.29) is 23.2 Å². The Morgan fingerprint density at radius 3 is 2.53 bits per heavy atom. The molecule has 0 radical (unpaired) electrons. The Morgan fingerprint density at radius 1 is 1.17 bits per heavy atom. The zero-order valence-electron chi connectivity index (χ0n) is 16.8. The molecule has 0 aromatic heterocycles. The third-order valence-corrected chi connectivity index (χ3v) is 5.11. The van der Waals surface area contributed by atoms with Crippen LogP contribution < -0.4 is 10.6 Å². The highest BCUT2D eigenvalue weighted by Crippen LogP contribution is 2.24. The molecule has 2 N–H and O–H groups in total. The lowest BCUT2D eigenvalue weighted by Gasteiger charge is -2.18. The van der Waals surface area contributed by atoms with E-state index in [2.05, 4.69) is 10.6 Å². The maximum atomic E-state index is 12.7. The molecule has 158 valence electrons. The van der Waals surface area contributed by atoms with Crippen molar-refractivity contribution >= 4 is 23.3 Å². The van der Waals surface area contributed by atoms with Gasteiger partial charge in [0.15, 0.2) is 6.10 Å². The molecule has 0 bridgehead atoms. The molecule has 1 fully saturated rings. The van der Waals surface area contributed by atoms with Crippen molar-refractivity contribution in [1.82, 2.24) is 5.32 Å². The van der Waals surface area contributed by atoms with Crippen LogP contribution in [-0.2, 0) is 16.1 Å². The van der Waals surface area contributed by atoms with Gasteiger partial charge < -0.3 is 15.4 Å². The summed E-state index contributed by atoms with van der Waals surface area (Å²) in [6.45, 7) is 1.92. The van der Waals surface area contributed by atoms with Gasteiger partial charge in [-0.25, -0.2) is 4.79 Å². The molecule has 2 aromatic rings. The zero-order valence-corrected chi connectivity index (χ0v) is 16.8. The fraction of sp³-hybridized carbons (Fsp3) is 0.364. The van der Waals surface area contributed by atoms with Crippen LogP contribution in [-0.4, -0.2) is 28.9 Å². The Morgan fingerprint density at radius 2 is 1.87 bits per heavy atom. The van der Waals surface area contributed by atoms with Crippen molar-refractivity contribution in [2.45, 2.75) is 51.3 Å². The number of carbonyl (C=O) groups excluding carboxylic acids is 2. The van der Waals surface area contributed by atoms with Gasteiger partial charge in [0.05, 0.1) is 10.5 Å². The number of ether oxygens (including phenoxy) is 1. The minimum Gasteiger partial charge on any atom is -0.449 e. The maximum absolute atomic E-state index is 12.7. The van der Waals surface area contributed by atoms with Crippen molar-refractivity contribution in [1.29, 1.82) is 0 Å². The standard InChI is InChI=1S/C22H25N3O5/c1-15(21(26)24-17-9-5-6-10-17)30-22(27)19-13-18(25(28)29)11-12-20(19)23-14-16-7-3-2-4-8-16/h2-4,7-8,11-13,15,17,23H,5-6,9-10,14H2,1H3,(H,24,26)/t15-/m1/s1. The van der Waals surface area contributed by atoms with Gasteiger partial charge in [-0.15, -0.1) is 0 Å². The van der Waals surface area contributed by atoms with Gasteiger partial charge in [0.2, 0.25) is 0 Å². The highest BCUT2D eigenvalue weighted by atomic mass is 16.6. The van der Waals surface area contributed by atoms with E-state index in [1.807, 2.05) is 30.3 Å². The molecule has 0 saturated heterocycles. The fourth-order valence-electron chi connectivity index (χ4n) is 3.43. The van der Waals surface area contributed by atoms with Crippen molar-refractivity contribution in [2.75, 3.05) is 5.32 Å². The molecule has 0 heterocycles. The molecule has 8 heteroatoms. The second-order valence-corrected chi connectivity index (χ2v) is 7.36. The predicted octanol–water partition coefficient (Wildman–Crippen LogP) is 3.81. The summed E-state index contributed by atoms with van der Waals surface area (Å²) in [7, 11) is 0. The molecule has 0 spiro atoms. The number of nitro groups is 1. The van der Waals surface area contributed by atoms with Crippen LogP contribution in [0.15, 0.2) is 48.5 Å². The number of anilines is 1. The summed E-state index contributed by atoms with van der Waals surface area (Å²) in [4.78, 5) is 35.6. The molecule has 1 amide bonds. The van der Waals surface area contributed by atoms with Gasteiger partial charge in [-0.3, -0.25) is 14.9 Å². The van der Waals surface area contributed by atoms with Gasteiger partial charge in [0.25, 0.3) is 11.6 Å². The van der Waals surface area contributed by atoms with E-state index < -0.39 is 17.0 Å². The molecule has 3 rings (SSSR count). The Kier molecular flexibility index (Phi) is 7.00. The number of nitrogens with one attached hydrogen (secondary N) is 2. The third-order valence-electron chi connectivity index (χ3n) is 5.11. The van der Waals surface area contributed by atoms with E-state index in [1.54, 1.807) is 0 Å². The smallest absolute Gasteiger partial charge is 0.341 e. The Hall–Kier alpha value is -3.42. The van der Waals surface area contributed by atoms with Crippen molar-refractivity contribution < 1.29 is 19.2 Å². The number of rotatable bonds is 8. The molecule has 8 nitrogen and oxygen atoms in total. The quantitative estimate of drug-likeness (QED) is 0.388. The number of hydrogen-bond acceptors (Lipinski definition) is 6. The van der Waals surface area contributed by atoms with Crippen LogP contribution in [0.4, 0.5) is 11.4 Å². The zero-order chi connectivity index (χ0) is 21.5. The molecule has 0 unspecified atom stereocenters. The van der Waals surface area contributed by atoms with E-state index >= 15 is 0 Å². The monoisotopic (exact) mass is 411 g/mol. The lowest BCUT2D eigenvalue weighted by atomic mass is 10.1. The molecular formula is C22H25N3O5. The minimum atomic E-state index is -1.00. The van der Waals surface area contributed by atoms with Gasteiger partial charge in [-0.2, -0.15) is 0 Å². The fourth-order valence-corrected chi connectivity index (χ4v) is 3.43. The summed E-state index contributed by atoms with van der Waals surface area (Å²) in [5, 5.41) is 17.2. The SMILES string of the molecule is C[C@@H](OC(=O)c1cc([N+](=O)[O-])ccc1NCc1ccccc1)C(=O)NC1CCCC1. The highest BCUT2D eigenvalue weighted by molar-refractivity contribution is 5.98. The Labute approximate surface area is 174 Å². The summed E-state index contributed by atoms with van der Waals surface area (Å²) >= 11 is 0. The molecule has 1 aliphatic carbocycles. The van der Waals surface area contributed by atoms with E-state index in [1.165, 1.54) is 19.1 Å². The van der Waals surface area contributed by atoms with Crippen molar-refractivity contribution in [2.24, 2.45) is 0 Å². The summed E-state index contributed by atoms with van der Waals surface area (Å²) in [6, 6.07) is 13.6. The molecule has 1 aliphatic rings. The average Bonchev–Trinajstić information content (AvgIpc) is 3.25. The van der Waals surface area contributed by atoms with Gasteiger partial charge in [-0.05, 0) is 31.4 Å². The number of benzene rings is 2. The minimum absolute atomic E-state index is 0.0145. The topological polar surface area (TPSA) is 111 Å². The molecule has 2 aromatic carbocycles. The van der Waals surface area contributed by atoms with Gasteiger partial charge in [0.1, 0.15) is 0 Å². The predicted molar refractivity (Wildman–Crippen MR) is 112 cm³/mol. The number of hydrogen-bond donors (Lipinski definition) is 2.